The van der Waals surface area contributed by atoms with Gasteiger partial charge >= 0.3 is 19.7 Å². The molecule has 39 heavy (non-hydrogen) atoms. The van der Waals surface area contributed by atoms with Crippen molar-refractivity contribution in [3.05, 3.63) is 107 Å². The minimum Gasteiger partial charge on any atom is -0.480 e. The molecule has 208 valence electrons. The Bertz CT molecular complexity index is 1180. The Balaban J connectivity index is 1.71. The zero-order valence-corrected chi connectivity index (χ0v) is 24.2. The highest BCUT2D eigenvalue weighted by Gasteiger charge is 2.36. The summed E-state index contributed by atoms with van der Waals surface area (Å²) in [7, 11) is -3.70. The smallest absolute Gasteiger partial charge is 0.407 e. The van der Waals surface area contributed by atoms with Gasteiger partial charge in [-0.05, 0) is 28.7 Å². The van der Waals surface area contributed by atoms with Gasteiger partial charge in [0.05, 0.1) is 19.8 Å². The van der Waals surface area contributed by atoms with E-state index < -0.39 is 30.3 Å². The maximum absolute atomic E-state index is 14.0. The van der Waals surface area contributed by atoms with E-state index in [0.717, 1.165) is 17.5 Å². The molecule has 0 aliphatic rings. The van der Waals surface area contributed by atoms with Crippen molar-refractivity contribution in [3.63, 3.8) is 0 Å². The monoisotopic (exact) mass is 617 g/mol. The number of ether oxygens (including phenoxy) is 1. The van der Waals surface area contributed by atoms with Crippen LogP contribution >= 0.6 is 23.5 Å². The number of hydrogen-bond donors (Lipinski definition) is 2. The van der Waals surface area contributed by atoms with Crippen LogP contribution in [0.5, 0.6) is 0 Å². The fourth-order valence-electron chi connectivity index (χ4n) is 3.57. The highest BCUT2D eigenvalue weighted by Crippen LogP contribution is 2.64. The molecule has 0 saturated carbocycles. The lowest BCUT2D eigenvalue weighted by atomic mass is 10.0. The van der Waals surface area contributed by atoms with E-state index in [1.165, 1.54) is 0 Å². The number of unbranched alkanes of at least 4 members (excludes halogenated alkanes) is 1. The molecule has 3 aromatic carbocycles. The van der Waals surface area contributed by atoms with Crippen molar-refractivity contribution in [3.8, 4) is 0 Å². The lowest BCUT2D eigenvalue weighted by Crippen LogP contribution is -2.42. The van der Waals surface area contributed by atoms with Crippen molar-refractivity contribution < 1.29 is 33.0 Å². The number of carbonyl (C=O) groups is 2. The molecule has 0 spiro atoms. The van der Waals surface area contributed by atoms with Gasteiger partial charge in [-0.2, -0.15) is 0 Å². The van der Waals surface area contributed by atoms with Gasteiger partial charge in [0.1, 0.15) is 10.6 Å². The summed E-state index contributed by atoms with van der Waals surface area (Å²) >= 11 is 3.54. The number of hydrogen-bond acceptors (Lipinski definition) is 6. The summed E-state index contributed by atoms with van der Waals surface area (Å²) < 4.78 is 30.1. The van der Waals surface area contributed by atoms with E-state index in [1.54, 1.807) is 24.3 Å². The second kappa shape index (κ2) is 15.6. The summed E-state index contributed by atoms with van der Waals surface area (Å²) in [4.78, 5) is 23.6. The summed E-state index contributed by atoms with van der Waals surface area (Å²) in [5.41, 5.74) is 3.03. The average molecular weight is 618 g/mol. The molecule has 3 rings (SSSR count). The van der Waals surface area contributed by atoms with Gasteiger partial charge in [0.2, 0.25) is 0 Å². The van der Waals surface area contributed by atoms with Crippen LogP contribution < -0.4 is 5.32 Å². The van der Waals surface area contributed by atoms with Crippen LogP contribution in [0.15, 0.2) is 84.9 Å². The summed E-state index contributed by atoms with van der Waals surface area (Å²) in [5.74, 6) is -1.17. The van der Waals surface area contributed by atoms with Gasteiger partial charge in [-0.1, -0.05) is 114 Å². The van der Waals surface area contributed by atoms with Gasteiger partial charge in [-0.25, -0.2) is 9.59 Å². The highest BCUT2D eigenvalue weighted by atomic mass is 79.9. The topological polar surface area (TPSA) is 111 Å². The summed E-state index contributed by atoms with van der Waals surface area (Å²) in [6.45, 7) is 2.40. The number of alkyl carbamates (subject to hydrolysis) is 1. The molecule has 0 saturated heterocycles. The quantitative estimate of drug-likeness (QED) is 0.105. The predicted molar refractivity (Wildman–Crippen MR) is 153 cm³/mol. The van der Waals surface area contributed by atoms with Gasteiger partial charge in [0.15, 0.2) is 0 Å². The van der Waals surface area contributed by atoms with E-state index in [4.69, 9.17) is 13.8 Å². The van der Waals surface area contributed by atoms with E-state index in [9.17, 15) is 19.3 Å². The average Bonchev–Trinajstić information content (AvgIpc) is 2.96. The molecule has 3 aromatic rings. The summed E-state index contributed by atoms with van der Waals surface area (Å²) in [5, 5.41) is 12.0. The number of nitrogens with one attached hydrogen (secondary N) is 1. The lowest BCUT2D eigenvalue weighted by Gasteiger charge is -2.24. The minimum atomic E-state index is -3.70. The molecule has 0 heterocycles. The molecule has 0 aromatic heterocycles. The first-order valence-corrected chi connectivity index (χ1v) is 15.2. The zero-order chi connectivity index (χ0) is 28.1. The van der Waals surface area contributed by atoms with Gasteiger partial charge < -0.3 is 24.2 Å². The van der Waals surface area contributed by atoms with E-state index in [0.29, 0.717) is 17.5 Å². The van der Waals surface area contributed by atoms with Gasteiger partial charge in [-0.15, -0.1) is 0 Å². The van der Waals surface area contributed by atoms with Crippen molar-refractivity contribution in [1.29, 1.82) is 0 Å². The van der Waals surface area contributed by atoms with Crippen LogP contribution in [0.3, 0.4) is 0 Å². The second-order valence-electron chi connectivity index (χ2n) is 8.86. The summed E-state index contributed by atoms with van der Waals surface area (Å²) in [6, 6.07) is 24.6. The Morgan fingerprint density at radius 1 is 0.872 bits per heavy atom. The van der Waals surface area contributed by atoms with Gasteiger partial charge in [0, 0.05) is 6.42 Å². The van der Waals surface area contributed by atoms with Gasteiger partial charge in [0.25, 0.3) is 0 Å². The zero-order valence-electron chi connectivity index (χ0n) is 21.7. The maximum atomic E-state index is 14.0. The lowest BCUT2D eigenvalue weighted by molar-refractivity contribution is -0.139. The second-order valence-corrected chi connectivity index (χ2v) is 12.6. The Labute approximate surface area is 237 Å². The number of amides is 1. The molecule has 2 atom stereocenters. The Morgan fingerprint density at radius 3 is 1.90 bits per heavy atom. The van der Waals surface area contributed by atoms with Crippen molar-refractivity contribution in [2.75, 3.05) is 6.61 Å². The highest BCUT2D eigenvalue weighted by molar-refractivity contribution is 9.10. The third-order valence-corrected chi connectivity index (χ3v) is 9.67. The number of rotatable bonds is 15. The van der Waals surface area contributed by atoms with Crippen molar-refractivity contribution in [2.45, 2.75) is 50.0 Å². The van der Waals surface area contributed by atoms with Crippen LogP contribution in [-0.4, -0.2) is 29.8 Å². The van der Waals surface area contributed by atoms with Crippen molar-refractivity contribution in [2.24, 2.45) is 0 Å². The number of halogens is 1. The SMILES string of the molecule is CCCCOC(=O)NC(Cc1ccc(C(Br)P(=O)(OCc2ccccc2)OCc2ccccc2)cc1)C(=O)O. The molecule has 2 N–H and O–H groups in total. The molecule has 0 radical (unpaired) electrons. The standard InChI is InChI=1S/C29H33BrNO7P/c1-2-3-18-36-29(34)31-26(28(32)33)19-22-14-16-25(17-15-22)27(30)39(35,37-20-23-10-6-4-7-11-23)38-21-24-12-8-5-9-13-24/h4-17,26-27H,2-3,18-21H2,1H3,(H,31,34)(H,32,33). The van der Waals surface area contributed by atoms with Crippen molar-refractivity contribution >= 4 is 35.6 Å². The first kappa shape index (κ1) is 30.6. The first-order valence-electron chi connectivity index (χ1n) is 12.7. The van der Waals surface area contributed by atoms with E-state index in [2.05, 4.69) is 21.2 Å². The van der Waals surface area contributed by atoms with Crippen LogP contribution in [0.4, 0.5) is 4.79 Å². The van der Waals surface area contributed by atoms with E-state index in [-0.39, 0.29) is 26.2 Å². The molecular weight excluding hydrogens is 585 g/mol. The first-order chi connectivity index (χ1) is 18.8. The third kappa shape index (κ3) is 9.93. The van der Waals surface area contributed by atoms with Crippen molar-refractivity contribution in [1.82, 2.24) is 5.32 Å². The molecule has 10 heteroatoms. The Morgan fingerprint density at radius 2 is 1.41 bits per heavy atom. The van der Waals surface area contributed by atoms with Gasteiger partial charge in [-0.3, -0.25) is 4.57 Å². The van der Waals surface area contributed by atoms with E-state index in [1.807, 2.05) is 67.6 Å². The number of aliphatic carboxylic acids is 1. The molecule has 0 aliphatic carbocycles. The van der Waals surface area contributed by atoms with Crippen LogP contribution in [-0.2, 0) is 42.8 Å². The fraction of sp³-hybridized carbons (Fsp3) is 0.310. The summed E-state index contributed by atoms with van der Waals surface area (Å²) in [6.07, 6.45) is 0.852. The number of benzene rings is 3. The molecule has 0 bridgehead atoms. The van der Waals surface area contributed by atoms with Crippen LogP contribution in [0.2, 0.25) is 0 Å². The molecule has 2 unspecified atom stereocenters. The largest absolute Gasteiger partial charge is 0.480 e. The minimum absolute atomic E-state index is 0.0537. The van der Waals surface area contributed by atoms with Crippen LogP contribution in [0.1, 0.15) is 46.6 Å². The number of carboxylic acids is 1. The predicted octanol–water partition coefficient (Wildman–Crippen LogP) is 7.23. The number of alkyl halides is 1. The Hall–Kier alpha value is -2.97. The molecule has 0 aliphatic heterocycles. The third-order valence-electron chi connectivity index (χ3n) is 5.80. The molecule has 0 fully saturated rings. The maximum Gasteiger partial charge on any atom is 0.407 e. The van der Waals surface area contributed by atoms with E-state index >= 15 is 0 Å². The van der Waals surface area contributed by atoms with Crippen LogP contribution in [0, 0.1) is 0 Å². The number of carboxylic acid groups (broad SMARTS) is 1. The molecule has 1 amide bonds. The normalized spacial score (nSPS) is 12.9. The number of carbonyl (C=O) groups excluding carboxylic acids is 1. The Kier molecular flexibility index (Phi) is 12.2. The molecular formula is C29H33BrNO7P. The molecule has 8 nitrogen and oxygen atoms in total. The fourth-order valence-corrected chi connectivity index (χ4v) is 6.12. The van der Waals surface area contributed by atoms with Crippen LogP contribution in [0.25, 0.3) is 0 Å².